The maximum atomic E-state index is 7.84. The van der Waals surface area contributed by atoms with Gasteiger partial charge >= 0.3 is 0 Å². The molecular formula is C17H22N4. The van der Waals surface area contributed by atoms with Crippen LogP contribution in [0.15, 0.2) is 30.3 Å². The Morgan fingerprint density at radius 1 is 1.33 bits per heavy atom. The SMILES string of the molecule is CC1(C)CCCN(c2cc(C(=N)N)c3ccccc3n2)C1. The molecule has 4 nitrogen and oxygen atoms in total. The molecule has 0 amide bonds. The number of anilines is 1. The summed E-state index contributed by atoms with van der Waals surface area (Å²) in [5.41, 5.74) is 7.76. The fraction of sp³-hybridized carbons (Fsp3) is 0.412. The maximum Gasteiger partial charge on any atom is 0.130 e. The van der Waals surface area contributed by atoms with Crippen LogP contribution in [0.25, 0.3) is 10.9 Å². The van der Waals surface area contributed by atoms with E-state index in [0.717, 1.165) is 35.4 Å². The molecule has 0 radical (unpaired) electrons. The minimum atomic E-state index is 0.103. The van der Waals surface area contributed by atoms with Crippen molar-refractivity contribution >= 4 is 22.6 Å². The predicted octanol–water partition coefficient (Wildman–Crippen LogP) is 3.15. The van der Waals surface area contributed by atoms with Crippen LogP contribution in [-0.4, -0.2) is 23.9 Å². The van der Waals surface area contributed by atoms with Gasteiger partial charge in [0.15, 0.2) is 0 Å². The molecule has 0 bridgehead atoms. The summed E-state index contributed by atoms with van der Waals surface area (Å²) in [5, 5.41) is 8.79. The van der Waals surface area contributed by atoms with E-state index < -0.39 is 0 Å². The Morgan fingerprint density at radius 2 is 2.10 bits per heavy atom. The zero-order chi connectivity index (χ0) is 15.0. The van der Waals surface area contributed by atoms with E-state index in [1.807, 2.05) is 30.3 Å². The van der Waals surface area contributed by atoms with Crippen molar-refractivity contribution in [3.05, 3.63) is 35.9 Å². The number of fused-ring (bicyclic) bond motifs is 1. The number of amidine groups is 1. The molecule has 3 rings (SSSR count). The van der Waals surface area contributed by atoms with Gasteiger partial charge in [-0.2, -0.15) is 0 Å². The van der Waals surface area contributed by atoms with Gasteiger partial charge in [0.05, 0.1) is 5.52 Å². The third-order valence-corrected chi connectivity index (χ3v) is 4.22. The molecule has 1 aliphatic rings. The van der Waals surface area contributed by atoms with Crippen molar-refractivity contribution in [2.24, 2.45) is 11.1 Å². The van der Waals surface area contributed by atoms with E-state index in [1.54, 1.807) is 0 Å². The van der Waals surface area contributed by atoms with Gasteiger partial charge in [0.25, 0.3) is 0 Å². The standard InChI is InChI=1S/C17H22N4/c1-17(2)8-5-9-21(11-17)15-10-13(16(18)19)12-6-3-4-7-14(12)20-15/h3-4,6-7,10H,5,8-9,11H2,1-2H3,(H3,18,19). The van der Waals surface area contributed by atoms with E-state index in [0.29, 0.717) is 5.41 Å². The molecule has 0 unspecified atom stereocenters. The van der Waals surface area contributed by atoms with Crippen LogP contribution in [0.5, 0.6) is 0 Å². The number of nitrogens with two attached hydrogens (primary N) is 1. The highest BCUT2D eigenvalue weighted by atomic mass is 15.2. The number of aromatic nitrogens is 1. The van der Waals surface area contributed by atoms with Gasteiger partial charge in [0, 0.05) is 24.0 Å². The highest BCUT2D eigenvalue weighted by molar-refractivity contribution is 6.07. The van der Waals surface area contributed by atoms with Gasteiger partial charge in [-0.15, -0.1) is 0 Å². The third kappa shape index (κ3) is 2.71. The fourth-order valence-electron chi connectivity index (χ4n) is 3.17. The van der Waals surface area contributed by atoms with Crippen LogP contribution < -0.4 is 10.6 Å². The number of para-hydroxylation sites is 1. The first-order chi connectivity index (χ1) is 9.96. The van der Waals surface area contributed by atoms with Crippen LogP contribution >= 0.6 is 0 Å². The first kappa shape index (κ1) is 13.9. The average Bonchev–Trinajstić information content (AvgIpc) is 2.45. The summed E-state index contributed by atoms with van der Waals surface area (Å²) < 4.78 is 0. The molecule has 1 aromatic carbocycles. The number of hydrogen-bond donors (Lipinski definition) is 2. The Hall–Kier alpha value is -2.10. The lowest BCUT2D eigenvalue weighted by Crippen LogP contribution is -2.40. The number of benzene rings is 1. The summed E-state index contributed by atoms with van der Waals surface area (Å²) in [6, 6.07) is 9.86. The molecule has 0 saturated carbocycles. The Balaban J connectivity index is 2.09. The number of nitrogen functional groups attached to an aromatic ring is 1. The van der Waals surface area contributed by atoms with Gasteiger partial charge in [-0.25, -0.2) is 4.98 Å². The summed E-state index contributed by atoms with van der Waals surface area (Å²) in [6.45, 7) is 6.61. The molecule has 0 spiro atoms. The van der Waals surface area contributed by atoms with E-state index in [2.05, 4.69) is 18.7 Å². The Bertz CT molecular complexity index is 690. The van der Waals surface area contributed by atoms with Crippen LogP contribution in [0.4, 0.5) is 5.82 Å². The zero-order valence-electron chi connectivity index (χ0n) is 12.7. The molecule has 2 aromatic rings. The highest BCUT2D eigenvalue weighted by Gasteiger charge is 2.27. The lowest BCUT2D eigenvalue weighted by molar-refractivity contribution is 0.292. The molecule has 0 atom stereocenters. The monoisotopic (exact) mass is 282 g/mol. The molecule has 1 fully saturated rings. The Morgan fingerprint density at radius 3 is 2.81 bits per heavy atom. The van der Waals surface area contributed by atoms with E-state index >= 15 is 0 Å². The number of rotatable bonds is 2. The van der Waals surface area contributed by atoms with Crippen molar-refractivity contribution in [3.8, 4) is 0 Å². The fourth-order valence-corrected chi connectivity index (χ4v) is 3.17. The van der Waals surface area contributed by atoms with Crippen molar-refractivity contribution in [1.29, 1.82) is 5.41 Å². The zero-order valence-corrected chi connectivity index (χ0v) is 12.7. The highest BCUT2D eigenvalue weighted by Crippen LogP contribution is 2.32. The van der Waals surface area contributed by atoms with Gasteiger partial charge < -0.3 is 10.6 Å². The number of pyridine rings is 1. The molecule has 1 aromatic heterocycles. The second-order valence-corrected chi connectivity index (χ2v) is 6.65. The first-order valence-corrected chi connectivity index (χ1v) is 7.45. The van der Waals surface area contributed by atoms with Crippen LogP contribution in [0, 0.1) is 10.8 Å². The van der Waals surface area contributed by atoms with Crippen LogP contribution in [0.3, 0.4) is 0 Å². The quantitative estimate of drug-likeness (QED) is 0.657. The van der Waals surface area contributed by atoms with E-state index in [4.69, 9.17) is 16.1 Å². The average molecular weight is 282 g/mol. The molecule has 110 valence electrons. The van der Waals surface area contributed by atoms with Crippen molar-refractivity contribution in [1.82, 2.24) is 4.98 Å². The molecule has 2 heterocycles. The van der Waals surface area contributed by atoms with Crippen molar-refractivity contribution < 1.29 is 0 Å². The largest absolute Gasteiger partial charge is 0.384 e. The van der Waals surface area contributed by atoms with Gasteiger partial charge in [-0.3, -0.25) is 5.41 Å². The molecule has 1 aliphatic heterocycles. The van der Waals surface area contributed by atoms with Crippen LogP contribution in [0.1, 0.15) is 32.3 Å². The first-order valence-electron chi connectivity index (χ1n) is 7.45. The smallest absolute Gasteiger partial charge is 0.130 e. The molecule has 1 saturated heterocycles. The number of nitrogens with zero attached hydrogens (tertiary/aromatic N) is 2. The summed E-state index contributed by atoms with van der Waals surface area (Å²) in [7, 11) is 0. The lowest BCUT2D eigenvalue weighted by Gasteiger charge is -2.39. The van der Waals surface area contributed by atoms with E-state index in [9.17, 15) is 0 Å². The van der Waals surface area contributed by atoms with Crippen LogP contribution in [0.2, 0.25) is 0 Å². The van der Waals surface area contributed by atoms with Gasteiger partial charge in [0.1, 0.15) is 11.7 Å². The molecule has 21 heavy (non-hydrogen) atoms. The van der Waals surface area contributed by atoms with Crippen molar-refractivity contribution in [2.45, 2.75) is 26.7 Å². The minimum Gasteiger partial charge on any atom is -0.384 e. The summed E-state index contributed by atoms with van der Waals surface area (Å²) >= 11 is 0. The number of piperidine rings is 1. The minimum absolute atomic E-state index is 0.103. The molecule has 0 aliphatic carbocycles. The summed E-state index contributed by atoms with van der Waals surface area (Å²) in [5.74, 6) is 1.04. The Kier molecular flexibility index (Phi) is 3.32. The van der Waals surface area contributed by atoms with E-state index in [-0.39, 0.29) is 5.84 Å². The van der Waals surface area contributed by atoms with Crippen molar-refractivity contribution in [2.75, 3.05) is 18.0 Å². The Labute approximate surface area is 125 Å². The summed E-state index contributed by atoms with van der Waals surface area (Å²) in [6.07, 6.45) is 2.42. The molecule has 3 N–H and O–H groups in total. The van der Waals surface area contributed by atoms with Gasteiger partial charge in [0.2, 0.25) is 0 Å². The normalized spacial score (nSPS) is 17.9. The van der Waals surface area contributed by atoms with Gasteiger partial charge in [-0.05, 0) is 30.4 Å². The predicted molar refractivity (Wildman–Crippen MR) is 88.0 cm³/mol. The molecular weight excluding hydrogens is 260 g/mol. The van der Waals surface area contributed by atoms with Crippen molar-refractivity contribution in [3.63, 3.8) is 0 Å². The number of hydrogen-bond acceptors (Lipinski definition) is 3. The summed E-state index contributed by atoms with van der Waals surface area (Å²) in [4.78, 5) is 7.10. The second-order valence-electron chi connectivity index (χ2n) is 6.65. The van der Waals surface area contributed by atoms with E-state index in [1.165, 1.54) is 12.8 Å². The number of nitrogens with one attached hydrogen (secondary N) is 1. The van der Waals surface area contributed by atoms with Crippen LogP contribution in [-0.2, 0) is 0 Å². The second kappa shape index (κ2) is 5.02. The third-order valence-electron chi connectivity index (χ3n) is 4.22. The maximum absolute atomic E-state index is 7.84. The lowest BCUT2D eigenvalue weighted by atomic mass is 9.84. The van der Waals surface area contributed by atoms with Gasteiger partial charge in [-0.1, -0.05) is 32.0 Å². The topological polar surface area (TPSA) is 66.0 Å². The molecule has 4 heteroatoms.